The van der Waals surface area contributed by atoms with Gasteiger partial charge in [-0.3, -0.25) is 0 Å². The van der Waals surface area contributed by atoms with Crippen molar-refractivity contribution < 1.29 is 9.50 Å². The molecule has 0 spiro atoms. The summed E-state index contributed by atoms with van der Waals surface area (Å²) in [5, 5.41) is 8.50. The van der Waals surface area contributed by atoms with E-state index in [1.807, 2.05) is 6.92 Å². The molecule has 1 aromatic carbocycles. The van der Waals surface area contributed by atoms with Gasteiger partial charge in [0.1, 0.15) is 5.82 Å². The minimum Gasteiger partial charge on any atom is -0.395 e. The number of halogens is 1. The number of aliphatic hydroxyl groups is 1. The van der Waals surface area contributed by atoms with Crippen molar-refractivity contribution in [2.24, 2.45) is 0 Å². The molecule has 1 aromatic rings. The third-order valence-electron chi connectivity index (χ3n) is 1.65. The maximum Gasteiger partial charge on any atom is 0.123 e. The highest BCUT2D eigenvalue weighted by Gasteiger charge is 1.95. The van der Waals surface area contributed by atoms with Gasteiger partial charge < -0.3 is 5.11 Å². The molecule has 1 rings (SSSR count). The molecule has 0 bridgehead atoms. The van der Waals surface area contributed by atoms with E-state index < -0.39 is 0 Å². The summed E-state index contributed by atoms with van der Waals surface area (Å²) >= 11 is 0. The monoisotopic (exact) mass is 178 g/mol. The Morgan fingerprint density at radius 3 is 2.85 bits per heavy atom. The number of rotatable bonds is 1. The van der Waals surface area contributed by atoms with Crippen LogP contribution in [-0.2, 0) is 0 Å². The smallest absolute Gasteiger partial charge is 0.123 e. The Bertz CT molecular complexity index is 347. The Morgan fingerprint density at radius 2 is 2.23 bits per heavy atom. The van der Waals surface area contributed by atoms with Gasteiger partial charge in [0, 0.05) is 12.0 Å². The number of aryl methyl sites for hydroxylation is 1. The van der Waals surface area contributed by atoms with Crippen LogP contribution in [0.1, 0.15) is 17.5 Å². The molecule has 0 radical (unpaired) electrons. The fourth-order valence-corrected chi connectivity index (χ4v) is 0.981. The summed E-state index contributed by atoms with van der Waals surface area (Å²) in [7, 11) is 0. The van der Waals surface area contributed by atoms with Gasteiger partial charge in [0.25, 0.3) is 0 Å². The zero-order chi connectivity index (χ0) is 9.68. The molecule has 0 atom stereocenters. The predicted octanol–water partition coefficient (Wildman–Crippen LogP) is 1.87. The molecular formula is C11H11FO. The second-order valence-corrected chi connectivity index (χ2v) is 2.73. The van der Waals surface area contributed by atoms with E-state index in [1.165, 1.54) is 12.1 Å². The molecule has 68 valence electrons. The van der Waals surface area contributed by atoms with Crippen LogP contribution < -0.4 is 0 Å². The molecule has 0 aromatic heterocycles. The average molecular weight is 178 g/mol. The van der Waals surface area contributed by atoms with Crippen molar-refractivity contribution in [2.45, 2.75) is 13.3 Å². The largest absolute Gasteiger partial charge is 0.395 e. The van der Waals surface area contributed by atoms with E-state index in [0.29, 0.717) is 6.42 Å². The normalized spacial score (nSPS) is 9.15. The lowest BCUT2D eigenvalue weighted by atomic mass is 10.1. The summed E-state index contributed by atoms with van der Waals surface area (Å²) in [4.78, 5) is 0. The molecule has 0 aliphatic rings. The minimum absolute atomic E-state index is 0.0627. The van der Waals surface area contributed by atoms with Crippen LogP contribution in [0.4, 0.5) is 4.39 Å². The topological polar surface area (TPSA) is 20.2 Å². The number of aliphatic hydroxyl groups excluding tert-OH is 1. The van der Waals surface area contributed by atoms with Gasteiger partial charge in [-0.1, -0.05) is 11.8 Å². The summed E-state index contributed by atoms with van der Waals surface area (Å²) in [6, 6.07) is 4.48. The van der Waals surface area contributed by atoms with Crippen LogP contribution in [0.2, 0.25) is 0 Å². The zero-order valence-corrected chi connectivity index (χ0v) is 7.47. The molecule has 0 fully saturated rings. The third kappa shape index (κ3) is 2.89. The van der Waals surface area contributed by atoms with E-state index in [-0.39, 0.29) is 12.4 Å². The Morgan fingerprint density at radius 1 is 1.46 bits per heavy atom. The van der Waals surface area contributed by atoms with Crippen LogP contribution in [0, 0.1) is 24.6 Å². The number of hydrogen-bond donors (Lipinski definition) is 1. The predicted molar refractivity (Wildman–Crippen MR) is 49.7 cm³/mol. The Hall–Kier alpha value is -1.33. The first-order valence-electron chi connectivity index (χ1n) is 4.10. The van der Waals surface area contributed by atoms with E-state index in [1.54, 1.807) is 6.07 Å². The van der Waals surface area contributed by atoms with Crippen LogP contribution in [0.3, 0.4) is 0 Å². The summed E-state index contributed by atoms with van der Waals surface area (Å²) in [6.07, 6.45) is 0.455. The maximum atomic E-state index is 12.6. The van der Waals surface area contributed by atoms with Crippen molar-refractivity contribution in [1.82, 2.24) is 0 Å². The van der Waals surface area contributed by atoms with Gasteiger partial charge in [0.05, 0.1) is 6.61 Å². The summed E-state index contributed by atoms with van der Waals surface area (Å²) in [6.45, 7) is 1.87. The molecule has 1 N–H and O–H groups in total. The molecule has 0 saturated carbocycles. The lowest BCUT2D eigenvalue weighted by molar-refractivity contribution is 0.305. The average Bonchev–Trinajstić information content (AvgIpc) is 2.09. The van der Waals surface area contributed by atoms with Crippen molar-refractivity contribution >= 4 is 0 Å². The van der Waals surface area contributed by atoms with Crippen molar-refractivity contribution in [3.05, 3.63) is 35.1 Å². The van der Waals surface area contributed by atoms with Crippen molar-refractivity contribution in [1.29, 1.82) is 0 Å². The fraction of sp³-hybridized carbons (Fsp3) is 0.273. The van der Waals surface area contributed by atoms with Gasteiger partial charge in [0.15, 0.2) is 0 Å². The van der Waals surface area contributed by atoms with Gasteiger partial charge in [0.2, 0.25) is 0 Å². The Kier molecular flexibility index (Phi) is 3.48. The Balaban J connectivity index is 2.85. The zero-order valence-electron chi connectivity index (χ0n) is 7.47. The van der Waals surface area contributed by atoms with Crippen LogP contribution in [-0.4, -0.2) is 11.7 Å². The van der Waals surface area contributed by atoms with Crippen molar-refractivity contribution in [3.63, 3.8) is 0 Å². The highest BCUT2D eigenvalue weighted by molar-refractivity contribution is 5.40. The first-order valence-corrected chi connectivity index (χ1v) is 4.10. The Labute approximate surface area is 77.2 Å². The van der Waals surface area contributed by atoms with E-state index in [0.717, 1.165) is 11.1 Å². The lowest BCUT2D eigenvalue weighted by Crippen LogP contribution is -1.84. The van der Waals surface area contributed by atoms with Gasteiger partial charge >= 0.3 is 0 Å². The van der Waals surface area contributed by atoms with E-state index in [9.17, 15) is 4.39 Å². The van der Waals surface area contributed by atoms with E-state index in [4.69, 9.17) is 5.11 Å². The molecule has 0 amide bonds. The standard InChI is InChI=1S/C11H11FO/c1-9-8-11(12)6-5-10(9)4-2-3-7-13/h5-6,8,13H,3,7H2,1H3. The maximum absolute atomic E-state index is 12.6. The minimum atomic E-state index is -0.245. The highest BCUT2D eigenvalue weighted by Crippen LogP contribution is 2.08. The fourth-order valence-electron chi connectivity index (χ4n) is 0.981. The molecule has 1 nitrogen and oxygen atoms in total. The first-order chi connectivity index (χ1) is 6.24. The SMILES string of the molecule is Cc1cc(F)ccc1C#CCCO. The molecule has 0 saturated heterocycles. The molecular weight excluding hydrogens is 167 g/mol. The van der Waals surface area contributed by atoms with Gasteiger partial charge in [-0.25, -0.2) is 4.39 Å². The summed E-state index contributed by atoms with van der Waals surface area (Å²) < 4.78 is 12.6. The van der Waals surface area contributed by atoms with Gasteiger partial charge in [-0.15, -0.1) is 0 Å². The van der Waals surface area contributed by atoms with Crippen LogP contribution >= 0.6 is 0 Å². The van der Waals surface area contributed by atoms with Crippen LogP contribution in [0.15, 0.2) is 18.2 Å². The van der Waals surface area contributed by atoms with Crippen LogP contribution in [0.5, 0.6) is 0 Å². The van der Waals surface area contributed by atoms with E-state index in [2.05, 4.69) is 11.8 Å². The van der Waals surface area contributed by atoms with Crippen molar-refractivity contribution in [3.8, 4) is 11.8 Å². The molecule has 0 unspecified atom stereocenters. The summed E-state index contributed by atoms with van der Waals surface area (Å²) in [5.41, 5.74) is 1.64. The molecule has 2 heteroatoms. The molecule has 0 aliphatic heterocycles. The lowest BCUT2D eigenvalue weighted by Gasteiger charge is -1.96. The van der Waals surface area contributed by atoms with Gasteiger partial charge in [-0.2, -0.15) is 0 Å². The quantitative estimate of drug-likeness (QED) is 0.651. The van der Waals surface area contributed by atoms with E-state index >= 15 is 0 Å². The molecule has 0 aliphatic carbocycles. The number of benzene rings is 1. The van der Waals surface area contributed by atoms with Gasteiger partial charge in [-0.05, 0) is 30.7 Å². The second-order valence-electron chi connectivity index (χ2n) is 2.73. The third-order valence-corrected chi connectivity index (χ3v) is 1.65. The summed E-state index contributed by atoms with van der Waals surface area (Å²) in [5.74, 6) is 5.41. The highest BCUT2D eigenvalue weighted by atomic mass is 19.1. The van der Waals surface area contributed by atoms with Crippen molar-refractivity contribution in [2.75, 3.05) is 6.61 Å². The number of hydrogen-bond acceptors (Lipinski definition) is 1. The van der Waals surface area contributed by atoms with Crippen LogP contribution in [0.25, 0.3) is 0 Å². The second kappa shape index (κ2) is 4.64. The molecule has 13 heavy (non-hydrogen) atoms. The molecule has 0 heterocycles. The first kappa shape index (κ1) is 9.76.